The van der Waals surface area contributed by atoms with Crippen LogP contribution in [0.25, 0.3) is 0 Å². The molecule has 2 amide bonds. The van der Waals surface area contributed by atoms with Gasteiger partial charge in [-0.3, -0.25) is 9.59 Å². The molecule has 0 aromatic heterocycles. The van der Waals surface area contributed by atoms with E-state index in [0.29, 0.717) is 38.1 Å². The number of ether oxygens (including phenoxy) is 2. The Hall–Kier alpha value is -3.02. The van der Waals surface area contributed by atoms with E-state index in [1.807, 2.05) is 36.1 Å². The van der Waals surface area contributed by atoms with Gasteiger partial charge >= 0.3 is 0 Å². The smallest absolute Gasteiger partial charge is 0.253 e. The molecule has 0 spiro atoms. The van der Waals surface area contributed by atoms with E-state index in [-0.39, 0.29) is 17.9 Å². The average molecular weight is 411 g/mol. The van der Waals surface area contributed by atoms with Crippen LogP contribution in [0.1, 0.15) is 41.6 Å². The molecule has 2 aromatic rings. The molecule has 6 heteroatoms. The van der Waals surface area contributed by atoms with Gasteiger partial charge in [0.2, 0.25) is 5.91 Å². The normalized spacial score (nSPS) is 14.3. The SMILES string of the molecule is COc1ccc(C(=O)N2CCC(NC(=O)CCCOc3ccccc3C)CC2)cc1. The second-order valence-electron chi connectivity index (χ2n) is 7.58. The van der Waals surface area contributed by atoms with Crippen LogP contribution in [0, 0.1) is 6.92 Å². The Kier molecular flexibility index (Phi) is 7.71. The van der Waals surface area contributed by atoms with Crippen molar-refractivity contribution in [1.82, 2.24) is 10.2 Å². The molecular formula is C24H30N2O4. The molecule has 1 aliphatic heterocycles. The Bertz CT molecular complexity index is 843. The number of likely N-dealkylation sites (tertiary alicyclic amines) is 1. The first-order chi connectivity index (χ1) is 14.6. The predicted octanol–water partition coefficient (Wildman–Crippen LogP) is 3.58. The number of piperidine rings is 1. The fourth-order valence-electron chi connectivity index (χ4n) is 3.58. The minimum absolute atomic E-state index is 0.0239. The summed E-state index contributed by atoms with van der Waals surface area (Å²) in [6.45, 7) is 3.82. The van der Waals surface area contributed by atoms with Gasteiger partial charge in [0.1, 0.15) is 11.5 Å². The zero-order valence-electron chi connectivity index (χ0n) is 17.7. The molecule has 30 heavy (non-hydrogen) atoms. The maximum absolute atomic E-state index is 12.6. The van der Waals surface area contributed by atoms with Crippen LogP contribution in [0.15, 0.2) is 48.5 Å². The molecule has 0 atom stereocenters. The summed E-state index contributed by atoms with van der Waals surface area (Å²) in [6, 6.07) is 15.2. The highest BCUT2D eigenvalue weighted by molar-refractivity contribution is 5.94. The van der Waals surface area contributed by atoms with Gasteiger partial charge in [-0.05, 0) is 62.1 Å². The number of nitrogens with zero attached hydrogens (tertiary/aromatic N) is 1. The van der Waals surface area contributed by atoms with E-state index in [0.717, 1.165) is 29.9 Å². The summed E-state index contributed by atoms with van der Waals surface area (Å²) >= 11 is 0. The Labute approximate surface area is 178 Å². The number of methoxy groups -OCH3 is 1. The number of rotatable bonds is 8. The Morgan fingerprint density at radius 1 is 1.07 bits per heavy atom. The number of aryl methyl sites for hydroxylation is 1. The van der Waals surface area contributed by atoms with Crippen LogP contribution < -0.4 is 14.8 Å². The molecule has 1 aliphatic rings. The molecule has 1 heterocycles. The zero-order chi connectivity index (χ0) is 21.3. The summed E-state index contributed by atoms with van der Waals surface area (Å²) in [7, 11) is 1.60. The molecule has 0 unspecified atom stereocenters. The van der Waals surface area contributed by atoms with Crippen molar-refractivity contribution in [3.05, 3.63) is 59.7 Å². The van der Waals surface area contributed by atoms with E-state index in [2.05, 4.69) is 5.32 Å². The first kappa shape index (κ1) is 21.7. The van der Waals surface area contributed by atoms with E-state index in [9.17, 15) is 9.59 Å². The number of carbonyl (C=O) groups excluding carboxylic acids is 2. The molecule has 1 saturated heterocycles. The van der Waals surface area contributed by atoms with E-state index in [4.69, 9.17) is 9.47 Å². The molecule has 1 N–H and O–H groups in total. The van der Waals surface area contributed by atoms with Gasteiger partial charge in [-0.1, -0.05) is 18.2 Å². The predicted molar refractivity (Wildman–Crippen MR) is 116 cm³/mol. The van der Waals surface area contributed by atoms with E-state index in [1.54, 1.807) is 31.4 Å². The minimum atomic E-state index is 0.0239. The first-order valence-electron chi connectivity index (χ1n) is 10.5. The molecule has 2 aromatic carbocycles. The molecule has 0 saturated carbocycles. The van der Waals surface area contributed by atoms with Crippen LogP contribution in [0.3, 0.4) is 0 Å². The molecule has 0 bridgehead atoms. The third kappa shape index (κ3) is 5.99. The topological polar surface area (TPSA) is 67.9 Å². The van der Waals surface area contributed by atoms with Crippen LogP contribution in [-0.4, -0.2) is 49.6 Å². The molecule has 6 nitrogen and oxygen atoms in total. The Morgan fingerprint density at radius 3 is 2.43 bits per heavy atom. The fourth-order valence-corrected chi connectivity index (χ4v) is 3.58. The van der Waals surface area contributed by atoms with E-state index in [1.165, 1.54) is 0 Å². The zero-order valence-corrected chi connectivity index (χ0v) is 17.7. The highest BCUT2D eigenvalue weighted by Crippen LogP contribution is 2.18. The molecule has 3 rings (SSSR count). The van der Waals surface area contributed by atoms with Gasteiger partial charge in [-0.15, -0.1) is 0 Å². The van der Waals surface area contributed by atoms with Crippen molar-refractivity contribution >= 4 is 11.8 Å². The number of amides is 2. The highest BCUT2D eigenvalue weighted by Gasteiger charge is 2.24. The fraction of sp³-hybridized carbons (Fsp3) is 0.417. The van der Waals surface area contributed by atoms with Crippen molar-refractivity contribution in [3.8, 4) is 11.5 Å². The van der Waals surface area contributed by atoms with Crippen LogP contribution in [0.4, 0.5) is 0 Å². The quantitative estimate of drug-likeness (QED) is 0.676. The van der Waals surface area contributed by atoms with Gasteiger partial charge in [0.25, 0.3) is 5.91 Å². The lowest BCUT2D eigenvalue weighted by Gasteiger charge is -2.32. The van der Waals surface area contributed by atoms with Gasteiger partial charge in [0.05, 0.1) is 13.7 Å². The van der Waals surface area contributed by atoms with Crippen LogP contribution in [-0.2, 0) is 4.79 Å². The third-order valence-electron chi connectivity index (χ3n) is 5.38. The lowest BCUT2D eigenvalue weighted by atomic mass is 10.0. The van der Waals surface area contributed by atoms with Crippen LogP contribution in [0.5, 0.6) is 11.5 Å². The van der Waals surface area contributed by atoms with Crippen molar-refractivity contribution in [2.45, 2.75) is 38.6 Å². The second-order valence-corrected chi connectivity index (χ2v) is 7.58. The summed E-state index contributed by atoms with van der Waals surface area (Å²) in [5, 5.41) is 3.09. The number of hydrogen-bond acceptors (Lipinski definition) is 4. The molecule has 1 fully saturated rings. The summed E-state index contributed by atoms with van der Waals surface area (Å²) in [6.07, 6.45) is 2.66. The third-order valence-corrected chi connectivity index (χ3v) is 5.38. The highest BCUT2D eigenvalue weighted by atomic mass is 16.5. The Balaban J connectivity index is 1.35. The maximum atomic E-state index is 12.6. The molecule has 160 valence electrons. The van der Waals surface area contributed by atoms with E-state index < -0.39 is 0 Å². The minimum Gasteiger partial charge on any atom is -0.497 e. The summed E-state index contributed by atoms with van der Waals surface area (Å²) < 4.78 is 10.9. The second kappa shape index (κ2) is 10.7. The van der Waals surface area contributed by atoms with Gasteiger partial charge in [0.15, 0.2) is 0 Å². The number of carbonyl (C=O) groups is 2. The van der Waals surface area contributed by atoms with Crippen LogP contribution in [0.2, 0.25) is 0 Å². The van der Waals surface area contributed by atoms with Crippen molar-refractivity contribution in [2.24, 2.45) is 0 Å². The van der Waals surface area contributed by atoms with Crippen LogP contribution >= 0.6 is 0 Å². The first-order valence-corrected chi connectivity index (χ1v) is 10.5. The molecule has 0 aliphatic carbocycles. The number of benzene rings is 2. The number of para-hydroxylation sites is 1. The lowest BCUT2D eigenvalue weighted by molar-refractivity contribution is -0.122. The lowest BCUT2D eigenvalue weighted by Crippen LogP contribution is -2.46. The van der Waals surface area contributed by atoms with Gasteiger partial charge in [-0.25, -0.2) is 0 Å². The average Bonchev–Trinajstić information content (AvgIpc) is 2.78. The molecule has 0 radical (unpaired) electrons. The number of hydrogen-bond donors (Lipinski definition) is 1. The maximum Gasteiger partial charge on any atom is 0.253 e. The van der Waals surface area contributed by atoms with Crippen molar-refractivity contribution < 1.29 is 19.1 Å². The summed E-state index contributed by atoms with van der Waals surface area (Å²) in [5.74, 6) is 1.67. The van der Waals surface area contributed by atoms with Crippen molar-refractivity contribution in [2.75, 3.05) is 26.8 Å². The summed E-state index contributed by atoms with van der Waals surface area (Å²) in [5.41, 5.74) is 1.75. The van der Waals surface area contributed by atoms with E-state index >= 15 is 0 Å². The van der Waals surface area contributed by atoms with Crippen molar-refractivity contribution in [1.29, 1.82) is 0 Å². The monoisotopic (exact) mass is 410 g/mol. The molecular weight excluding hydrogens is 380 g/mol. The largest absolute Gasteiger partial charge is 0.497 e. The summed E-state index contributed by atoms with van der Waals surface area (Å²) in [4.78, 5) is 26.7. The number of nitrogens with one attached hydrogen (secondary N) is 1. The van der Waals surface area contributed by atoms with Gasteiger partial charge in [-0.2, -0.15) is 0 Å². The van der Waals surface area contributed by atoms with Gasteiger partial charge in [0, 0.05) is 31.1 Å². The van der Waals surface area contributed by atoms with Gasteiger partial charge < -0.3 is 19.7 Å². The standard InChI is InChI=1S/C24H30N2O4/c1-18-6-3-4-7-22(18)30-17-5-8-23(27)25-20-13-15-26(16-14-20)24(28)19-9-11-21(29-2)12-10-19/h3-4,6-7,9-12,20H,5,8,13-17H2,1-2H3,(H,25,27). The Morgan fingerprint density at radius 2 is 1.77 bits per heavy atom. The van der Waals surface area contributed by atoms with Crippen molar-refractivity contribution in [3.63, 3.8) is 0 Å².